The summed E-state index contributed by atoms with van der Waals surface area (Å²) in [6, 6.07) is 14.4. The highest BCUT2D eigenvalue weighted by Gasteiger charge is 2.01. The van der Waals surface area contributed by atoms with Crippen molar-refractivity contribution < 1.29 is 4.74 Å². The first-order valence-corrected chi connectivity index (χ1v) is 6.48. The number of ether oxygens (including phenoxy) is 1. The Morgan fingerprint density at radius 1 is 1.00 bits per heavy atom. The summed E-state index contributed by atoms with van der Waals surface area (Å²) in [5.41, 5.74) is 4.63. The molecule has 0 aliphatic heterocycles. The first-order valence-electron chi connectivity index (χ1n) is 6.48. The van der Waals surface area contributed by atoms with Crippen LogP contribution < -0.4 is 5.32 Å². The van der Waals surface area contributed by atoms with Crippen LogP contribution in [0.1, 0.15) is 22.5 Å². The molecular weight excluding hydrogens is 236 g/mol. The fourth-order valence-electron chi connectivity index (χ4n) is 2.05. The molecule has 0 saturated carbocycles. The molecule has 1 N–H and O–H groups in total. The monoisotopic (exact) mass is 256 g/mol. The molecule has 1 heterocycles. The van der Waals surface area contributed by atoms with Gasteiger partial charge < -0.3 is 10.1 Å². The number of rotatable bonds is 6. The Labute approximate surface area is 114 Å². The minimum absolute atomic E-state index is 0.653. The van der Waals surface area contributed by atoms with E-state index in [9.17, 15) is 0 Å². The van der Waals surface area contributed by atoms with E-state index >= 15 is 0 Å². The van der Waals surface area contributed by atoms with Crippen LogP contribution in [0.2, 0.25) is 0 Å². The van der Waals surface area contributed by atoms with Crippen LogP contribution in [0.5, 0.6) is 0 Å². The maximum absolute atomic E-state index is 5.21. The Morgan fingerprint density at radius 3 is 2.53 bits per heavy atom. The molecule has 2 aromatic rings. The van der Waals surface area contributed by atoms with Crippen molar-refractivity contribution in [3.63, 3.8) is 0 Å². The van der Waals surface area contributed by atoms with Crippen LogP contribution in [-0.2, 0) is 24.4 Å². The number of pyridine rings is 1. The largest absolute Gasteiger partial charge is 0.380 e. The van der Waals surface area contributed by atoms with Crippen LogP contribution >= 0.6 is 0 Å². The summed E-state index contributed by atoms with van der Waals surface area (Å²) >= 11 is 0. The van der Waals surface area contributed by atoms with Gasteiger partial charge in [0, 0.05) is 25.9 Å². The zero-order chi connectivity index (χ0) is 13.5. The van der Waals surface area contributed by atoms with Crippen molar-refractivity contribution in [1.82, 2.24) is 10.3 Å². The van der Waals surface area contributed by atoms with Crippen LogP contribution in [0.15, 0.2) is 42.5 Å². The van der Waals surface area contributed by atoms with Crippen molar-refractivity contribution in [2.45, 2.75) is 26.6 Å². The molecule has 0 unspecified atom stereocenters. The first kappa shape index (κ1) is 13.7. The number of benzene rings is 1. The van der Waals surface area contributed by atoms with Gasteiger partial charge in [-0.25, -0.2) is 0 Å². The maximum Gasteiger partial charge on any atom is 0.0716 e. The molecule has 0 aliphatic carbocycles. The molecule has 1 aromatic carbocycles. The van der Waals surface area contributed by atoms with Gasteiger partial charge >= 0.3 is 0 Å². The zero-order valence-corrected chi connectivity index (χ0v) is 11.5. The summed E-state index contributed by atoms with van der Waals surface area (Å²) < 4.78 is 5.21. The third-order valence-corrected chi connectivity index (χ3v) is 2.99. The van der Waals surface area contributed by atoms with E-state index in [1.807, 2.05) is 31.2 Å². The quantitative estimate of drug-likeness (QED) is 0.863. The summed E-state index contributed by atoms with van der Waals surface area (Å²) in [6.07, 6.45) is 0. The second kappa shape index (κ2) is 7.02. The molecule has 0 aliphatic rings. The molecule has 0 spiro atoms. The lowest BCUT2D eigenvalue weighted by atomic mass is 10.1. The van der Waals surface area contributed by atoms with E-state index in [2.05, 4.69) is 28.5 Å². The van der Waals surface area contributed by atoms with Gasteiger partial charge in [-0.1, -0.05) is 30.3 Å². The predicted molar refractivity (Wildman–Crippen MR) is 76.7 cm³/mol. The SMILES string of the molecule is COCc1ccccc1CNCc1cccc(C)n1. The van der Waals surface area contributed by atoms with Gasteiger partial charge in [-0.15, -0.1) is 0 Å². The minimum atomic E-state index is 0.653. The van der Waals surface area contributed by atoms with Crippen molar-refractivity contribution in [3.8, 4) is 0 Å². The van der Waals surface area contributed by atoms with Crippen molar-refractivity contribution in [3.05, 3.63) is 65.0 Å². The van der Waals surface area contributed by atoms with Crippen LogP contribution in [0, 0.1) is 6.92 Å². The van der Waals surface area contributed by atoms with Gasteiger partial charge in [0.1, 0.15) is 0 Å². The van der Waals surface area contributed by atoms with Gasteiger partial charge in [-0.2, -0.15) is 0 Å². The van der Waals surface area contributed by atoms with E-state index in [1.54, 1.807) is 7.11 Å². The molecule has 0 fully saturated rings. The standard InChI is InChI=1S/C16H20N2O/c1-13-6-5-9-16(18-13)11-17-10-14-7-3-4-8-15(14)12-19-2/h3-9,17H,10-12H2,1-2H3. The average molecular weight is 256 g/mol. The highest BCUT2D eigenvalue weighted by molar-refractivity contribution is 5.26. The molecular formula is C16H20N2O. The topological polar surface area (TPSA) is 34.1 Å². The maximum atomic E-state index is 5.21. The van der Waals surface area contributed by atoms with Gasteiger partial charge in [0.25, 0.3) is 0 Å². The fraction of sp³-hybridized carbons (Fsp3) is 0.312. The van der Waals surface area contributed by atoms with Crippen LogP contribution in [0.25, 0.3) is 0 Å². The minimum Gasteiger partial charge on any atom is -0.380 e. The molecule has 0 radical (unpaired) electrons. The summed E-state index contributed by atoms with van der Waals surface area (Å²) in [4.78, 5) is 4.48. The average Bonchev–Trinajstić information content (AvgIpc) is 2.41. The molecule has 0 bridgehead atoms. The van der Waals surface area contributed by atoms with Crippen molar-refractivity contribution >= 4 is 0 Å². The van der Waals surface area contributed by atoms with E-state index in [0.29, 0.717) is 6.61 Å². The number of hydrogen-bond acceptors (Lipinski definition) is 3. The Balaban J connectivity index is 1.92. The lowest BCUT2D eigenvalue weighted by Gasteiger charge is -2.10. The Kier molecular flexibility index (Phi) is 5.07. The van der Waals surface area contributed by atoms with Crippen LogP contribution in [-0.4, -0.2) is 12.1 Å². The molecule has 19 heavy (non-hydrogen) atoms. The molecule has 1 aromatic heterocycles. The third-order valence-electron chi connectivity index (χ3n) is 2.99. The molecule has 0 atom stereocenters. The van der Waals surface area contributed by atoms with E-state index < -0.39 is 0 Å². The summed E-state index contributed by atoms with van der Waals surface area (Å²) in [7, 11) is 1.72. The van der Waals surface area contributed by atoms with Crippen LogP contribution in [0.3, 0.4) is 0 Å². The van der Waals surface area contributed by atoms with E-state index in [0.717, 1.165) is 24.5 Å². The zero-order valence-electron chi connectivity index (χ0n) is 11.5. The molecule has 3 nitrogen and oxygen atoms in total. The van der Waals surface area contributed by atoms with E-state index in [-0.39, 0.29) is 0 Å². The highest BCUT2D eigenvalue weighted by atomic mass is 16.5. The first-order chi connectivity index (χ1) is 9.29. The Hall–Kier alpha value is -1.71. The number of nitrogens with one attached hydrogen (secondary N) is 1. The van der Waals surface area contributed by atoms with Gasteiger partial charge in [-0.05, 0) is 30.2 Å². The molecule has 2 rings (SSSR count). The van der Waals surface area contributed by atoms with E-state index in [1.165, 1.54) is 11.1 Å². The second-order valence-electron chi connectivity index (χ2n) is 4.58. The lowest BCUT2D eigenvalue weighted by molar-refractivity contribution is 0.184. The van der Waals surface area contributed by atoms with Crippen LogP contribution in [0.4, 0.5) is 0 Å². The number of aromatic nitrogens is 1. The van der Waals surface area contributed by atoms with Crippen molar-refractivity contribution in [1.29, 1.82) is 0 Å². The van der Waals surface area contributed by atoms with Gasteiger partial charge in [0.05, 0.1) is 12.3 Å². The highest BCUT2D eigenvalue weighted by Crippen LogP contribution is 2.09. The smallest absolute Gasteiger partial charge is 0.0716 e. The van der Waals surface area contributed by atoms with E-state index in [4.69, 9.17) is 4.74 Å². The molecule has 0 amide bonds. The normalized spacial score (nSPS) is 10.6. The van der Waals surface area contributed by atoms with Crippen molar-refractivity contribution in [2.75, 3.05) is 7.11 Å². The Morgan fingerprint density at radius 2 is 1.79 bits per heavy atom. The number of nitrogens with zero attached hydrogens (tertiary/aromatic N) is 1. The second-order valence-corrected chi connectivity index (χ2v) is 4.58. The molecule has 0 saturated heterocycles. The number of aryl methyl sites for hydroxylation is 1. The third kappa shape index (κ3) is 4.16. The summed E-state index contributed by atoms with van der Waals surface area (Å²) in [5, 5.41) is 3.43. The number of methoxy groups -OCH3 is 1. The van der Waals surface area contributed by atoms with Gasteiger partial charge in [0.2, 0.25) is 0 Å². The summed E-state index contributed by atoms with van der Waals surface area (Å²) in [5.74, 6) is 0. The summed E-state index contributed by atoms with van der Waals surface area (Å²) in [6.45, 7) is 4.27. The van der Waals surface area contributed by atoms with Gasteiger partial charge in [-0.3, -0.25) is 4.98 Å². The van der Waals surface area contributed by atoms with Crippen molar-refractivity contribution in [2.24, 2.45) is 0 Å². The molecule has 3 heteroatoms. The van der Waals surface area contributed by atoms with Gasteiger partial charge in [0.15, 0.2) is 0 Å². The fourth-order valence-corrected chi connectivity index (χ4v) is 2.05. The number of hydrogen-bond donors (Lipinski definition) is 1. The lowest BCUT2D eigenvalue weighted by Crippen LogP contribution is -2.15. The Bertz CT molecular complexity index is 526. The predicted octanol–water partition coefficient (Wildman–Crippen LogP) is 2.83. The molecule has 100 valence electrons.